The van der Waals surface area contributed by atoms with E-state index in [0.29, 0.717) is 6.42 Å². The predicted molar refractivity (Wildman–Crippen MR) is 73.1 cm³/mol. The second-order valence-corrected chi connectivity index (χ2v) is 5.09. The molecular weight excluding hydrogens is 252 g/mol. The molecule has 1 aromatic carbocycles. The minimum absolute atomic E-state index is 0.575. The van der Waals surface area contributed by atoms with E-state index in [4.69, 9.17) is 16.9 Å². The van der Waals surface area contributed by atoms with E-state index in [-0.39, 0.29) is 0 Å². The van der Waals surface area contributed by atoms with Crippen LogP contribution in [0.5, 0.6) is 0 Å². The summed E-state index contributed by atoms with van der Waals surface area (Å²) in [5.41, 5.74) is 1.90. The first kappa shape index (κ1) is 12.2. The Hall–Kier alpha value is -1.24. The first-order valence-corrected chi connectivity index (χ1v) is 6.83. The maximum Gasteiger partial charge on any atom is 0.0720 e. The van der Waals surface area contributed by atoms with Gasteiger partial charge in [0.1, 0.15) is 0 Å². The highest BCUT2D eigenvalue weighted by Gasteiger charge is 2.03. The third kappa shape index (κ3) is 3.12. The molecule has 0 aliphatic rings. The van der Waals surface area contributed by atoms with Gasteiger partial charge in [0.15, 0.2) is 0 Å². The molecule has 86 valence electrons. The molecule has 0 bridgehead atoms. The number of benzene rings is 1. The summed E-state index contributed by atoms with van der Waals surface area (Å²) < 4.78 is 0. The predicted octanol–water partition coefficient (Wildman–Crippen LogP) is 4.04. The monoisotopic (exact) mass is 262 g/mol. The van der Waals surface area contributed by atoms with Crippen molar-refractivity contribution in [3.8, 4) is 6.07 Å². The molecule has 2 nitrogen and oxygen atoms in total. The minimum Gasteiger partial charge on any atom is -0.252 e. The summed E-state index contributed by atoms with van der Waals surface area (Å²) >= 11 is 7.91. The maximum atomic E-state index is 8.45. The summed E-state index contributed by atoms with van der Waals surface area (Å²) in [7, 11) is 0. The lowest BCUT2D eigenvalue weighted by molar-refractivity contribution is 1.20. The SMILES string of the molecule is N#CCCSCc1cc(Cl)c2ccccc2n1. The number of halogens is 1. The molecule has 0 radical (unpaired) electrons. The summed E-state index contributed by atoms with van der Waals surface area (Å²) in [5.74, 6) is 1.63. The normalized spacial score (nSPS) is 10.4. The highest BCUT2D eigenvalue weighted by atomic mass is 35.5. The van der Waals surface area contributed by atoms with Gasteiger partial charge >= 0.3 is 0 Å². The van der Waals surface area contributed by atoms with Gasteiger partial charge in [-0.25, -0.2) is 0 Å². The van der Waals surface area contributed by atoms with Gasteiger partial charge in [-0.1, -0.05) is 29.8 Å². The van der Waals surface area contributed by atoms with Crippen LogP contribution < -0.4 is 0 Å². The van der Waals surface area contributed by atoms with Gasteiger partial charge in [0.25, 0.3) is 0 Å². The molecule has 0 saturated carbocycles. The average Bonchev–Trinajstić information content (AvgIpc) is 2.35. The van der Waals surface area contributed by atoms with E-state index in [1.165, 1.54) is 0 Å². The molecule has 1 aromatic heterocycles. The maximum absolute atomic E-state index is 8.45. The van der Waals surface area contributed by atoms with Crippen molar-refractivity contribution >= 4 is 34.3 Å². The first-order chi connectivity index (χ1) is 8.31. The Balaban J connectivity index is 2.16. The standard InChI is InChI=1S/C13H11ClN2S/c14-12-8-10(9-17-7-3-6-15)16-13-5-2-1-4-11(12)13/h1-2,4-5,8H,3,7,9H2. The van der Waals surface area contributed by atoms with Gasteiger partial charge in [-0.05, 0) is 12.1 Å². The Bertz CT molecular complexity index is 563. The topological polar surface area (TPSA) is 36.7 Å². The van der Waals surface area contributed by atoms with Crippen LogP contribution in [0.1, 0.15) is 12.1 Å². The largest absolute Gasteiger partial charge is 0.252 e. The van der Waals surface area contributed by atoms with Gasteiger partial charge in [-0.3, -0.25) is 4.98 Å². The zero-order valence-corrected chi connectivity index (χ0v) is 10.8. The zero-order chi connectivity index (χ0) is 12.1. The van der Waals surface area contributed by atoms with Crippen molar-refractivity contribution in [2.24, 2.45) is 0 Å². The van der Waals surface area contributed by atoms with E-state index >= 15 is 0 Å². The molecule has 0 atom stereocenters. The van der Waals surface area contributed by atoms with Crippen LogP contribution in [0.3, 0.4) is 0 Å². The third-order valence-electron chi connectivity index (χ3n) is 2.33. The zero-order valence-electron chi connectivity index (χ0n) is 9.19. The van der Waals surface area contributed by atoms with E-state index in [2.05, 4.69) is 11.1 Å². The van der Waals surface area contributed by atoms with E-state index < -0.39 is 0 Å². The van der Waals surface area contributed by atoms with Crippen molar-refractivity contribution in [1.29, 1.82) is 5.26 Å². The summed E-state index contributed by atoms with van der Waals surface area (Å²) in [4.78, 5) is 4.55. The highest BCUT2D eigenvalue weighted by molar-refractivity contribution is 7.98. The molecule has 0 aliphatic carbocycles. The van der Waals surface area contributed by atoms with E-state index in [1.54, 1.807) is 11.8 Å². The van der Waals surface area contributed by atoms with Crippen LogP contribution in [-0.2, 0) is 5.75 Å². The molecular formula is C13H11ClN2S. The number of aromatic nitrogens is 1. The average molecular weight is 263 g/mol. The Morgan fingerprint density at radius 2 is 2.18 bits per heavy atom. The van der Waals surface area contributed by atoms with Crippen LogP contribution in [0.15, 0.2) is 30.3 Å². The Morgan fingerprint density at radius 1 is 1.35 bits per heavy atom. The summed E-state index contributed by atoms with van der Waals surface area (Å²) in [5, 5.41) is 10.2. The van der Waals surface area contributed by atoms with E-state index in [1.807, 2.05) is 30.3 Å². The van der Waals surface area contributed by atoms with Gasteiger partial charge in [-0.2, -0.15) is 17.0 Å². The second kappa shape index (κ2) is 5.90. The molecule has 0 N–H and O–H groups in total. The van der Waals surface area contributed by atoms with Crippen LogP contribution in [-0.4, -0.2) is 10.7 Å². The number of thioether (sulfide) groups is 1. The van der Waals surface area contributed by atoms with E-state index in [9.17, 15) is 0 Å². The summed E-state index contributed by atoms with van der Waals surface area (Å²) in [6.07, 6.45) is 0.575. The first-order valence-electron chi connectivity index (χ1n) is 5.30. The van der Waals surface area contributed by atoms with Crippen molar-refractivity contribution in [2.75, 3.05) is 5.75 Å². The van der Waals surface area contributed by atoms with Crippen molar-refractivity contribution in [2.45, 2.75) is 12.2 Å². The van der Waals surface area contributed by atoms with Crippen LogP contribution in [0.4, 0.5) is 0 Å². The number of hydrogen-bond acceptors (Lipinski definition) is 3. The molecule has 0 unspecified atom stereocenters. The Kier molecular flexibility index (Phi) is 4.24. The molecule has 0 saturated heterocycles. The molecule has 17 heavy (non-hydrogen) atoms. The number of nitriles is 1. The second-order valence-electron chi connectivity index (χ2n) is 3.57. The fourth-order valence-electron chi connectivity index (χ4n) is 1.55. The lowest BCUT2D eigenvalue weighted by atomic mass is 10.2. The lowest BCUT2D eigenvalue weighted by Crippen LogP contribution is -1.90. The molecule has 0 aliphatic heterocycles. The van der Waals surface area contributed by atoms with Crippen molar-refractivity contribution < 1.29 is 0 Å². The molecule has 2 rings (SSSR count). The lowest BCUT2D eigenvalue weighted by Gasteiger charge is -2.04. The number of rotatable bonds is 4. The molecule has 0 spiro atoms. The third-order valence-corrected chi connectivity index (χ3v) is 3.63. The van der Waals surface area contributed by atoms with Crippen molar-refractivity contribution in [3.63, 3.8) is 0 Å². The number of nitrogens with zero attached hydrogens (tertiary/aromatic N) is 2. The van der Waals surface area contributed by atoms with Gasteiger partial charge in [0, 0.05) is 23.3 Å². The van der Waals surface area contributed by atoms with Gasteiger partial charge in [0.2, 0.25) is 0 Å². The number of para-hydroxylation sites is 1. The molecule has 0 amide bonds. The van der Waals surface area contributed by atoms with Gasteiger partial charge in [-0.15, -0.1) is 0 Å². The van der Waals surface area contributed by atoms with Crippen molar-refractivity contribution in [1.82, 2.24) is 4.98 Å². The van der Waals surface area contributed by atoms with E-state index in [0.717, 1.165) is 33.1 Å². The molecule has 4 heteroatoms. The Labute approximate surface area is 110 Å². The molecule has 1 heterocycles. The molecule has 2 aromatic rings. The summed E-state index contributed by atoms with van der Waals surface area (Å²) in [6.45, 7) is 0. The van der Waals surface area contributed by atoms with Gasteiger partial charge in [0.05, 0.1) is 22.3 Å². The fraction of sp³-hybridized carbons (Fsp3) is 0.231. The number of hydrogen-bond donors (Lipinski definition) is 0. The number of fused-ring (bicyclic) bond motifs is 1. The quantitative estimate of drug-likeness (QED) is 0.781. The highest BCUT2D eigenvalue weighted by Crippen LogP contribution is 2.24. The van der Waals surface area contributed by atoms with Crippen LogP contribution >= 0.6 is 23.4 Å². The van der Waals surface area contributed by atoms with Crippen LogP contribution in [0, 0.1) is 11.3 Å². The molecule has 0 fully saturated rings. The van der Waals surface area contributed by atoms with Gasteiger partial charge < -0.3 is 0 Å². The van der Waals surface area contributed by atoms with Crippen LogP contribution in [0.25, 0.3) is 10.9 Å². The minimum atomic E-state index is 0.575. The summed E-state index contributed by atoms with van der Waals surface area (Å²) in [6, 6.07) is 11.9. The fourth-order valence-corrected chi connectivity index (χ4v) is 2.58. The van der Waals surface area contributed by atoms with Crippen LogP contribution in [0.2, 0.25) is 5.02 Å². The smallest absolute Gasteiger partial charge is 0.0720 e. The number of pyridine rings is 1. The Morgan fingerprint density at radius 3 is 3.00 bits per heavy atom. The van der Waals surface area contributed by atoms with Crippen molar-refractivity contribution in [3.05, 3.63) is 41.0 Å².